The zero-order valence-corrected chi connectivity index (χ0v) is 12.1. The molecule has 0 radical (unpaired) electrons. The fraction of sp³-hybridized carbons (Fsp3) is 0.750. The standard InChI is InChI=1S/C12H18F3NO5/c1-5-6(2)20-10(18)9(7(3)21-8(4)17)16-11(19)12(13,14)15/h6-7,9H,5H2,1-4H3,(H,16,19)/t6?,7-,9+/m1/s1. The van der Waals surface area contributed by atoms with Gasteiger partial charge in [-0.3, -0.25) is 9.59 Å². The Morgan fingerprint density at radius 3 is 2.05 bits per heavy atom. The first kappa shape index (κ1) is 19.2. The van der Waals surface area contributed by atoms with Crippen LogP contribution in [0.2, 0.25) is 0 Å². The Morgan fingerprint density at radius 1 is 1.14 bits per heavy atom. The van der Waals surface area contributed by atoms with E-state index in [0.29, 0.717) is 6.42 Å². The number of carbonyl (C=O) groups excluding carboxylic acids is 3. The van der Waals surface area contributed by atoms with Crippen molar-refractivity contribution in [1.82, 2.24) is 5.32 Å². The average molecular weight is 313 g/mol. The summed E-state index contributed by atoms with van der Waals surface area (Å²) in [5, 5.41) is 1.48. The van der Waals surface area contributed by atoms with E-state index >= 15 is 0 Å². The van der Waals surface area contributed by atoms with Gasteiger partial charge in [0.15, 0.2) is 6.04 Å². The predicted octanol–water partition coefficient (Wildman–Crippen LogP) is 1.33. The van der Waals surface area contributed by atoms with Crippen LogP contribution in [0.5, 0.6) is 0 Å². The number of hydrogen-bond acceptors (Lipinski definition) is 5. The second kappa shape index (κ2) is 7.84. The van der Waals surface area contributed by atoms with Crippen molar-refractivity contribution in [3.63, 3.8) is 0 Å². The number of halogens is 3. The summed E-state index contributed by atoms with van der Waals surface area (Å²) in [4.78, 5) is 33.6. The van der Waals surface area contributed by atoms with E-state index in [1.165, 1.54) is 19.2 Å². The lowest BCUT2D eigenvalue weighted by atomic mass is 10.1. The number of esters is 2. The number of nitrogens with one attached hydrogen (secondary N) is 1. The highest BCUT2D eigenvalue weighted by atomic mass is 19.4. The third-order valence-electron chi connectivity index (χ3n) is 2.51. The molecule has 0 rings (SSSR count). The summed E-state index contributed by atoms with van der Waals surface area (Å²) in [7, 11) is 0. The summed E-state index contributed by atoms with van der Waals surface area (Å²) in [5.41, 5.74) is 0. The topological polar surface area (TPSA) is 81.7 Å². The van der Waals surface area contributed by atoms with E-state index in [0.717, 1.165) is 6.92 Å². The van der Waals surface area contributed by atoms with Gasteiger partial charge in [0.05, 0.1) is 6.10 Å². The summed E-state index contributed by atoms with van der Waals surface area (Å²) in [6.45, 7) is 5.45. The van der Waals surface area contributed by atoms with Crippen molar-refractivity contribution >= 4 is 17.8 Å². The number of hydrogen-bond donors (Lipinski definition) is 1. The fourth-order valence-electron chi connectivity index (χ4n) is 1.28. The molecule has 0 aliphatic rings. The lowest BCUT2D eigenvalue weighted by molar-refractivity contribution is -0.178. The van der Waals surface area contributed by atoms with E-state index in [2.05, 4.69) is 4.74 Å². The first-order valence-electron chi connectivity index (χ1n) is 6.24. The van der Waals surface area contributed by atoms with Crippen LogP contribution in [0.15, 0.2) is 0 Å². The highest BCUT2D eigenvalue weighted by Gasteiger charge is 2.43. The van der Waals surface area contributed by atoms with Crippen molar-refractivity contribution in [3.8, 4) is 0 Å². The summed E-state index contributed by atoms with van der Waals surface area (Å²) < 4.78 is 46.3. The van der Waals surface area contributed by atoms with Gasteiger partial charge in [-0.05, 0) is 20.3 Å². The van der Waals surface area contributed by atoms with Crippen molar-refractivity contribution < 1.29 is 37.0 Å². The molecule has 0 aliphatic carbocycles. The molecule has 122 valence electrons. The van der Waals surface area contributed by atoms with Crippen LogP contribution in [0.1, 0.15) is 34.1 Å². The SMILES string of the molecule is CCC(C)OC(=O)[C@@H](NC(=O)C(F)(F)F)[C@@H](C)OC(C)=O. The Hall–Kier alpha value is -1.80. The zero-order valence-electron chi connectivity index (χ0n) is 12.1. The minimum absolute atomic E-state index is 0.438. The maximum absolute atomic E-state index is 12.3. The molecule has 0 aromatic carbocycles. The Morgan fingerprint density at radius 2 is 1.67 bits per heavy atom. The largest absolute Gasteiger partial charge is 0.471 e. The second-order valence-electron chi connectivity index (χ2n) is 4.42. The molecule has 0 aliphatic heterocycles. The van der Waals surface area contributed by atoms with Gasteiger partial charge in [-0.25, -0.2) is 4.79 Å². The first-order chi connectivity index (χ1) is 9.48. The molecule has 6 nitrogen and oxygen atoms in total. The molecule has 0 saturated heterocycles. The van der Waals surface area contributed by atoms with Gasteiger partial charge in [-0.2, -0.15) is 13.2 Å². The fourth-order valence-corrected chi connectivity index (χ4v) is 1.28. The lowest BCUT2D eigenvalue weighted by Gasteiger charge is -2.25. The molecule has 1 amide bonds. The number of carbonyl (C=O) groups is 3. The van der Waals surface area contributed by atoms with Crippen LogP contribution in [0.25, 0.3) is 0 Å². The number of ether oxygens (including phenoxy) is 2. The molecule has 9 heteroatoms. The molecule has 0 heterocycles. The van der Waals surface area contributed by atoms with Crippen molar-refractivity contribution in [2.75, 3.05) is 0 Å². The van der Waals surface area contributed by atoms with Crippen LogP contribution < -0.4 is 5.32 Å². The highest BCUT2D eigenvalue weighted by Crippen LogP contribution is 2.16. The maximum atomic E-state index is 12.3. The van der Waals surface area contributed by atoms with Crippen LogP contribution in [-0.2, 0) is 23.9 Å². The van der Waals surface area contributed by atoms with E-state index in [1.54, 1.807) is 6.92 Å². The van der Waals surface area contributed by atoms with E-state index in [9.17, 15) is 27.6 Å². The summed E-state index contributed by atoms with van der Waals surface area (Å²) in [6, 6.07) is -1.74. The molecule has 1 unspecified atom stereocenters. The van der Waals surface area contributed by atoms with E-state index in [-0.39, 0.29) is 0 Å². The van der Waals surface area contributed by atoms with Crippen LogP contribution in [-0.4, -0.2) is 42.3 Å². The summed E-state index contributed by atoms with van der Waals surface area (Å²) in [6.07, 6.45) is -6.57. The lowest BCUT2D eigenvalue weighted by Crippen LogP contribution is -2.53. The minimum Gasteiger partial charge on any atom is -0.461 e. The Labute approximate surface area is 120 Å². The van der Waals surface area contributed by atoms with Gasteiger partial charge in [0.1, 0.15) is 6.10 Å². The third kappa shape index (κ3) is 6.96. The smallest absolute Gasteiger partial charge is 0.461 e. The van der Waals surface area contributed by atoms with Gasteiger partial charge >= 0.3 is 24.0 Å². The average Bonchev–Trinajstić information content (AvgIpc) is 2.32. The summed E-state index contributed by atoms with van der Waals surface area (Å²) >= 11 is 0. The highest BCUT2D eigenvalue weighted by molar-refractivity contribution is 5.88. The molecule has 1 N–H and O–H groups in total. The van der Waals surface area contributed by atoms with Gasteiger partial charge in [0, 0.05) is 6.92 Å². The molecular weight excluding hydrogens is 295 g/mol. The molecule has 0 aromatic rings. The van der Waals surface area contributed by atoms with Gasteiger partial charge in [-0.1, -0.05) is 6.92 Å². The Bertz CT molecular complexity index is 397. The molecule has 21 heavy (non-hydrogen) atoms. The van der Waals surface area contributed by atoms with Crippen molar-refractivity contribution in [3.05, 3.63) is 0 Å². The molecule has 0 spiro atoms. The molecule has 0 bridgehead atoms. The first-order valence-corrected chi connectivity index (χ1v) is 6.24. The number of rotatable bonds is 6. The number of alkyl halides is 3. The summed E-state index contributed by atoms with van der Waals surface area (Å²) in [5.74, 6) is -4.21. The second-order valence-corrected chi connectivity index (χ2v) is 4.42. The van der Waals surface area contributed by atoms with Crippen LogP contribution in [0, 0.1) is 0 Å². The van der Waals surface area contributed by atoms with Gasteiger partial charge in [0.2, 0.25) is 0 Å². The van der Waals surface area contributed by atoms with Crippen molar-refractivity contribution in [2.45, 2.75) is 58.5 Å². The quantitative estimate of drug-likeness (QED) is 0.748. The van der Waals surface area contributed by atoms with Gasteiger partial charge in [0.25, 0.3) is 0 Å². The molecule has 0 saturated carbocycles. The molecule has 3 atom stereocenters. The van der Waals surface area contributed by atoms with Crippen molar-refractivity contribution in [1.29, 1.82) is 0 Å². The van der Waals surface area contributed by atoms with Gasteiger partial charge < -0.3 is 14.8 Å². The molecule has 0 aromatic heterocycles. The predicted molar refractivity (Wildman–Crippen MR) is 65.1 cm³/mol. The Balaban J connectivity index is 5.04. The third-order valence-corrected chi connectivity index (χ3v) is 2.51. The van der Waals surface area contributed by atoms with Crippen LogP contribution in [0.3, 0.4) is 0 Å². The minimum atomic E-state index is -5.16. The monoisotopic (exact) mass is 313 g/mol. The van der Waals surface area contributed by atoms with E-state index in [1.807, 2.05) is 0 Å². The van der Waals surface area contributed by atoms with E-state index in [4.69, 9.17) is 4.74 Å². The molecular formula is C12H18F3NO5. The molecule has 0 fully saturated rings. The Kier molecular flexibility index (Phi) is 7.17. The maximum Gasteiger partial charge on any atom is 0.471 e. The van der Waals surface area contributed by atoms with Gasteiger partial charge in [-0.15, -0.1) is 0 Å². The van der Waals surface area contributed by atoms with Crippen LogP contribution >= 0.6 is 0 Å². The van der Waals surface area contributed by atoms with E-state index < -0.39 is 42.3 Å². The van der Waals surface area contributed by atoms with Crippen LogP contribution in [0.4, 0.5) is 13.2 Å². The van der Waals surface area contributed by atoms with Crippen molar-refractivity contribution in [2.24, 2.45) is 0 Å². The number of amides is 1. The zero-order chi connectivity index (χ0) is 16.8. The normalized spacial score (nSPS) is 15.6.